The van der Waals surface area contributed by atoms with Crippen LogP contribution in [0.1, 0.15) is 56.3 Å². The number of hydrogen-bond acceptors (Lipinski definition) is 6. The fourth-order valence-corrected chi connectivity index (χ4v) is 3.45. The molecule has 3 rings (SSSR count). The summed E-state index contributed by atoms with van der Waals surface area (Å²) >= 11 is 0. The second kappa shape index (κ2) is 8.91. The van der Waals surface area contributed by atoms with Crippen molar-refractivity contribution in [3.63, 3.8) is 0 Å². The number of amides is 1. The van der Waals surface area contributed by atoms with Crippen molar-refractivity contribution in [3.05, 3.63) is 41.6 Å². The molecule has 1 aromatic heterocycles. The highest BCUT2D eigenvalue weighted by molar-refractivity contribution is 5.92. The Morgan fingerprint density at radius 3 is 2.75 bits per heavy atom. The average Bonchev–Trinajstić information content (AvgIpc) is 3.35. The highest BCUT2D eigenvalue weighted by Gasteiger charge is 2.40. The predicted molar refractivity (Wildman–Crippen MR) is 105 cm³/mol. The summed E-state index contributed by atoms with van der Waals surface area (Å²) in [5.74, 6) is 2.22. The van der Waals surface area contributed by atoms with E-state index in [0.29, 0.717) is 29.8 Å². The van der Waals surface area contributed by atoms with Gasteiger partial charge in [0.05, 0.1) is 13.7 Å². The molecule has 0 saturated heterocycles. The first kappa shape index (κ1) is 19.9. The molecule has 1 saturated carbocycles. The molecule has 0 spiro atoms. The van der Waals surface area contributed by atoms with Gasteiger partial charge < -0.3 is 19.3 Å². The highest BCUT2D eigenvalue weighted by atomic mass is 16.5. The first-order valence-corrected chi connectivity index (χ1v) is 9.68. The third-order valence-electron chi connectivity index (χ3n) is 4.85. The lowest BCUT2D eigenvalue weighted by Gasteiger charge is -2.25. The minimum absolute atomic E-state index is 0.186. The van der Waals surface area contributed by atoms with Crippen LogP contribution >= 0.6 is 0 Å². The molecule has 1 aliphatic carbocycles. The van der Waals surface area contributed by atoms with Gasteiger partial charge in [-0.3, -0.25) is 4.79 Å². The zero-order valence-electron chi connectivity index (χ0n) is 16.7. The van der Waals surface area contributed by atoms with Crippen LogP contribution in [-0.4, -0.2) is 29.8 Å². The molecule has 1 aliphatic rings. The normalized spacial score (nSPS) is 15.7. The summed E-state index contributed by atoms with van der Waals surface area (Å²) < 4.78 is 16.2. The predicted octanol–water partition coefficient (Wildman–Crippen LogP) is 3.77. The molecule has 1 aromatic carbocycles. The maximum absolute atomic E-state index is 12.6. The Hall–Kier alpha value is -2.83. The van der Waals surface area contributed by atoms with Gasteiger partial charge in [-0.2, -0.15) is 4.98 Å². The van der Waals surface area contributed by atoms with Crippen molar-refractivity contribution in [2.45, 2.75) is 51.5 Å². The van der Waals surface area contributed by atoms with E-state index in [-0.39, 0.29) is 5.91 Å². The number of nitrogens with one attached hydrogen (secondary N) is 1. The maximum Gasteiger partial charge on any atom is 0.244 e. The topological polar surface area (TPSA) is 86.5 Å². The van der Waals surface area contributed by atoms with Gasteiger partial charge >= 0.3 is 0 Å². The number of aromatic nitrogens is 2. The molecule has 150 valence electrons. The fourth-order valence-electron chi connectivity index (χ4n) is 3.45. The summed E-state index contributed by atoms with van der Waals surface area (Å²) in [6.45, 7) is 4.43. The number of carbonyl (C=O) groups is 1. The lowest BCUT2D eigenvalue weighted by atomic mass is 9.96. The molecule has 1 fully saturated rings. The fraction of sp³-hybridized carbons (Fsp3) is 0.476. The summed E-state index contributed by atoms with van der Waals surface area (Å²) in [6.07, 6.45) is 7.86. The summed E-state index contributed by atoms with van der Waals surface area (Å²) in [7, 11) is 1.60. The SMILES string of the molecule is CCCOc1ccc(/C=C/C(=O)NC2(c3noc(C)n3)CCCC2)cc1OC. The van der Waals surface area contributed by atoms with Gasteiger partial charge in [0.25, 0.3) is 0 Å². The Labute approximate surface area is 165 Å². The zero-order chi connectivity index (χ0) is 20.0. The Balaban J connectivity index is 1.70. The summed E-state index contributed by atoms with van der Waals surface area (Å²) in [5, 5.41) is 7.14. The molecule has 0 radical (unpaired) electrons. The maximum atomic E-state index is 12.6. The minimum atomic E-state index is -0.547. The number of hydrogen-bond donors (Lipinski definition) is 1. The quantitative estimate of drug-likeness (QED) is 0.696. The van der Waals surface area contributed by atoms with Gasteiger partial charge in [0.2, 0.25) is 11.8 Å². The van der Waals surface area contributed by atoms with E-state index in [1.54, 1.807) is 20.1 Å². The molecule has 0 aliphatic heterocycles. The van der Waals surface area contributed by atoms with E-state index in [1.165, 1.54) is 6.08 Å². The van der Waals surface area contributed by atoms with Crippen LogP contribution in [0.3, 0.4) is 0 Å². The standard InChI is InChI=1S/C21H27N3O4/c1-4-13-27-17-9-7-16(14-18(17)26-3)8-10-19(25)23-21(11-5-6-12-21)20-22-15(2)28-24-20/h7-10,14H,4-6,11-13H2,1-3H3,(H,23,25)/b10-8+. The van der Waals surface area contributed by atoms with Crippen molar-refractivity contribution in [1.29, 1.82) is 0 Å². The van der Waals surface area contributed by atoms with Gasteiger partial charge in [0, 0.05) is 13.0 Å². The van der Waals surface area contributed by atoms with Crippen molar-refractivity contribution in [3.8, 4) is 11.5 Å². The van der Waals surface area contributed by atoms with E-state index < -0.39 is 5.54 Å². The van der Waals surface area contributed by atoms with Gasteiger partial charge in [0.1, 0.15) is 5.54 Å². The Bertz CT molecular complexity index is 838. The van der Waals surface area contributed by atoms with Crippen LogP contribution in [-0.2, 0) is 10.3 Å². The molecule has 7 heteroatoms. The van der Waals surface area contributed by atoms with E-state index >= 15 is 0 Å². The number of ether oxygens (including phenoxy) is 2. The van der Waals surface area contributed by atoms with Crippen molar-refractivity contribution < 1.29 is 18.8 Å². The molecule has 1 amide bonds. The molecule has 2 aromatic rings. The first-order valence-electron chi connectivity index (χ1n) is 9.68. The Morgan fingerprint density at radius 2 is 2.11 bits per heavy atom. The van der Waals surface area contributed by atoms with Crippen molar-refractivity contribution >= 4 is 12.0 Å². The number of aryl methyl sites for hydroxylation is 1. The van der Waals surface area contributed by atoms with E-state index in [4.69, 9.17) is 14.0 Å². The summed E-state index contributed by atoms with van der Waals surface area (Å²) in [4.78, 5) is 16.9. The number of methoxy groups -OCH3 is 1. The second-order valence-electron chi connectivity index (χ2n) is 7.01. The molecule has 0 atom stereocenters. The molecule has 0 bridgehead atoms. The second-order valence-corrected chi connectivity index (χ2v) is 7.01. The highest BCUT2D eigenvalue weighted by Crippen LogP contribution is 2.37. The lowest BCUT2D eigenvalue weighted by Crippen LogP contribution is -2.44. The number of rotatable bonds is 8. The van der Waals surface area contributed by atoms with Gasteiger partial charge in [-0.15, -0.1) is 0 Å². The van der Waals surface area contributed by atoms with Crippen LogP contribution < -0.4 is 14.8 Å². The van der Waals surface area contributed by atoms with E-state index in [2.05, 4.69) is 22.4 Å². The Kier molecular flexibility index (Phi) is 6.34. The van der Waals surface area contributed by atoms with E-state index in [9.17, 15) is 4.79 Å². The summed E-state index contributed by atoms with van der Waals surface area (Å²) in [5.41, 5.74) is 0.307. The molecule has 7 nitrogen and oxygen atoms in total. The molecular formula is C21H27N3O4. The van der Waals surface area contributed by atoms with Gasteiger partial charge in [-0.25, -0.2) is 0 Å². The molecular weight excluding hydrogens is 358 g/mol. The van der Waals surface area contributed by atoms with Crippen LogP contribution in [0, 0.1) is 6.92 Å². The van der Waals surface area contributed by atoms with Gasteiger partial charge in [-0.05, 0) is 43.0 Å². The molecule has 1 heterocycles. The van der Waals surface area contributed by atoms with Gasteiger partial charge in [0.15, 0.2) is 17.3 Å². The average molecular weight is 385 g/mol. The van der Waals surface area contributed by atoms with Crippen LogP contribution in [0.25, 0.3) is 6.08 Å². The third-order valence-corrected chi connectivity index (χ3v) is 4.85. The Morgan fingerprint density at radius 1 is 1.32 bits per heavy atom. The van der Waals surface area contributed by atoms with E-state index in [1.807, 2.05) is 18.2 Å². The molecule has 1 N–H and O–H groups in total. The van der Waals surface area contributed by atoms with Crippen LogP contribution in [0.4, 0.5) is 0 Å². The molecule has 0 unspecified atom stereocenters. The van der Waals surface area contributed by atoms with Crippen LogP contribution in [0.15, 0.2) is 28.8 Å². The minimum Gasteiger partial charge on any atom is -0.493 e. The molecule has 28 heavy (non-hydrogen) atoms. The number of carbonyl (C=O) groups excluding carboxylic acids is 1. The number of nitrogens with zero attached hydrogens (tertiary/aromatic N) is 2. The summed E-state index contributed by atoms with van der Waals surface area (Å²) in [6, 6.07) is 5.60. The largest absolute Gasteiger partial charge is 0.493 e. The van der Waals surface area contributed by atoms with Gasteiger partial charge in [-0.1, -0.05) is 31.0 Å². The zero-order valence-corrected chi connectivity index (χ0v) is 16.7. The van der Waals surface area contributed by atoms with Crippen molar-refractivity contribution in [2.24, 2.45) is 0 Å². The van der Waals surface area contributed by atoms with Crippen molar-refractivity contribution in [2.75, 3.05) is 13.7 Å². The lowest BCUT2D eigenvalue weighted by molar-refractivity contribution is -0.118. The number of benzene rings is 1. The monoisotopic (exact) mass is 385 g/mol. The third kappa shape index (κ3) is 4.52. The van der Waals surface area contributed by atoms with Crippen molar-refractivity contribution in [1.82, 2.24) is 15.5 Å². The van der Waals surface area contributed by atoms with E-state index in [0.717, 1.165) is 37.7 Å². The van der Waals surface area contributed by atoms with Crippen LogP contribution in [0.2, 0.25) is 0 Å². The smallest absolute Gasteiger partial charge is 0.244 e. The van der Waals surface area contributed by atoms with Crippen LogP contribution in [0.5, 0.6) is 11.5 Å². The first-order chi connectivity index (χ1) is 13.6.